The van der Waals surface area contributed by atoms with Crippen molar-refractivity contribution in [3.63, 3.8) is 0 Å². The Kier molecular flexibility index (Phi) is 3.08. The van der Waals surface area contributed by atoms with Gasteiger partial charge in [-0.3, -0.25) is 4.79 Å². The molecule has 96 valence electrons. The fourth-order valence-electron chi connectivity index (χ4n) is 2.42. The number of hydrogen-bond donors (Lipinski definition) is 0. The number of aryl methyl sites for hydroxylation is 1. The smallest absolute Gasteiger partial charge is 0.225 e. The molecule has 1 saturated heterocycles. The highest BCUT2D eigenvalue weighted by Gasteiger charge is 2.35. The second-order valence-electron chi connectivity index (χ2n) is 5.33. The SMILES string of the molecule is Cc1ccc(C2CN(C(=O)C3CC3)CCO2)cc1. The van der Waals surface area contributed by atoms with E-state index < -0.39 is 0 Å². The Balaban J connectivity index is 1.69. The van der Waals surface area contributed by atoms with Crippen molar-refractivity contribution in [2.75, 3.05) is 19.7 Å². The van der Waals surface area contributed by atoms with Crippen LogP contribution in [0.1, 0.15) is 30.1 Å². The second-order valence-corrected chi connectivity index (χ2v) is 5.33. The Morgan fingerprint density at radius 2 is 2.00 bits per heavy atom. The van der Waals surface area contributed by atoms with E-state index >= 15 is 0 Å². The molecule has 3 heteroatoms. The summed E-state index contributed by atoms with van der Waals surface area (Å²) in [5, 5.41) is 0. The van der Waals surface area contributed by atoms with Gasteiger partial charge in [0.25, 0.3) is 0 Å². The maximum atomic E-state index is 12.1. The minimum atomic E-state index is 0.0436. The molecule has 3 nitrogen and oxygen atoms in total. The number of rotatable bonds is 2. The molecule has 1 aliphatic heterocycles. The zero-order valence-corrected chi connectivity index (χ0v) is 10.8. The second kappa shape index (κ2) is 4.73. The summed E-state index contributed by atoms with van der Waals surface area (Å²) in [6.07, 6.45) is 2.19. The molecule has 1 aliphatic carbocycles. The number of hydrogen-bond acceptors (Lipinski definition) is 2. The van der Waals surface area contributed by atoms with Crippen LogP contribution in [0.15, 0.2) is 24.3 Å². The molecule has 0 N–H and O–H groups in total. The molecular formula is C15H19NO2. The highest BCUT2D eigenvalue weighted by Crippen LogP contribution is 2.33. The lowest BCUT2D eigenvalue weighted by Gasteiger charge is -2.33. The van der Waals surface area contributed by atoms with E-state index in [9.17, 15) is 4.79 Å². The first kappa shape index (κ1) is 11.7. The van der Waals surface area contributed by atoms with Gasteiger partial charge in [-0.2, -0.15) is 0 Å². The van der Waals surface area contributed by atoms with Gasteiger partial charge in [0.2, 0.25) is 5.91 Å². The summed E-state index contributed by atoms with van der Waals surface area (Å²) >= 11 is 0. The third-order valence-corrected chi connectivity index (χ3v) is 3.75. The van der Waals surface area contributed by atoms with E-state index in [0.717, 1.165) is 19.4 Å². The molecule has 0 spiro atoms. The largest absolute Gasteiger partial charge is 0.370 e. The van der Waals surface area contributed by atoms with Crippen molar-refractivity contribution in [3.05, 3.63) is 35.4 Å². The van der Waals surface area contributed by atoms with Crippen molar-refractivity contribution in [1.29, 1.82) is 0 Å². The molecule has 2 aliphatic rings. The lowest BCUT2D eigenvalue weighted by Crippen LogP contribution is -2.42. The molecule has 0 bridgehead atoms. The fraction of sp³-hybridized carbons (Fsp3) is 0.533. The van der Waals surface area contributed by atoms with Crippen LogP contribution < -0.4 is 0 Å². The number of ether oxygens (including phenoxy) is 1. The molecule has 2 fully saturated rings. The van der Waals surface area contributed by atoms with Gasteiger partial charge in [0.15, 0.2) is 0 Å². The molecule has 3 rings (SSSR count). The Morgan fingerprint density at radius 1 is 1.28 bits per heavy atom. The van der Waals surface area contributed by atoms with Crippen molar-refractivity contribution < 1.29 is 9.53 Å². The number of morpholine rings is 1. The van der Waals surface area contributed by atoms with Crippen molar-refractivity contribution in [1.82, 2.24) is 4.90 Å². The van der Waals surface area contributed by atoms with Gasteiger partial charge in [-0.05, 0) is 25.3 Å². The first-order valence-corrected chi connectivity index (χ1v) is 6.71. The minimum absolute atomic E-state index is 0.0436. The van der Waals surface area contributed by atoms with Gasteiger partial charge in [-0.1, -0.05) is 29.8 Å². The molecule has 1 saturated carbocycles. The van der Waals surface area contributed by atoms with Crippen LogP contribution >= 0.6 is 0 Å². The summed E-state index contributed by atoms with van der Waals surface area (Å²) in [6, 6.07) is 8.40. The van der Waals surface area contributed by atoms with Crippen LogP contribution in [0.3, 0.4) is 0 Å². The van der Waals surface area contributed by atoms with Crippen molar-refractivity contribution in [2.45, 2.75) is 25.9 Å². The third-order valence-electron chi connectivity index (χ3n) is 3.75. The third kappa shape index (κ3) is 2.41. The Morgan fingerprint density at radius 3 is 2.67 bits per heavy atom. The normalized spacial score (nSPS) is 24.1. The van der Waals surface area contributed by atoms with Crippen LogP contribution in [-0.2, 0) is 9.53 Å². The number of nitrogens with zero attached hydrogens (tertiary/aromatic N) is 1. The summed E-state index contributed by atoms with van der Waals surface area (Å²) in [4.78, 5) is 14.0. The molecule has 0 radical (unpaired) electrons. The quantitative estimate of drug-likeness (QED) is 0.800. The number of amides is 1. The first-order valence-electron chi connectivity index (χ1n) is 6.71. The van der Waals surface area contributed by atoms with Crippen molar-refractivity contribution in [3.8, 4) is 0 Å². The highest BCUT2D eigenvalue weighted by molar-refractivity contribution is 5.81. The molecule has 1 aromatic carbocycles. The molecule has 1 aromatic rings. The number of carbonyl (C=O) groups excluding carboxylic acids is 1. The van der Waals surface area contributed by atoms with Crippen LogP contribution in [0.4, 0.5) is 0 Å². The van der Waals surface area contributed by atoms with Crippen molar-refractivity contribution >= 4 is 5.91 Å². The van der Waals surface area contributed by atoms with Crippen LogP contribution in [-0.4, -0.2) is 30.5 Å². The molecule has 1 unspecified atom stereocenters. The maximum Gasteiger partial charge on any atom is 0.225 e. The van der Waals surface area contributed by atoms with E-state index in [2.05, 4.69) is 31.2 Å². The zero-order valence-electron chi connectivity index (χ0n) is 10.8. The average Bonchev–Trinajstić information content (AvgIpc) is 3.23. The Bertz CT molecular complexity index is 436. The summed E-state index contributed by atoms with van der Waals surface area (Å²) in [6.45, 7) is 4.18. The summed E-state index contributed by atoms with van der Waals surface area (Å²) in [5.74, 6) is 0.636. The van der Waals surface area contributed by atoms with E-state index in [4.69, 9.17) is 4.74 Å². The van der Waals surface area contributed by atoms with Gasteiger partial charge < -0.3 is 9.64 Å². The standard InChI is InChI=1S/C15H19NO2/c1-11-2-4-12(5-3-11)14-10-16(8-9-18-14)15(17)13-6-7-13/h2-5,13-14H,6-10H2,1H3. The maximum absolute atomic E-state index is 12.1. The molecule has 1 amide bonds. The average molecular weight is 245 g/mol. The van der Waals surface area contributed by atoms with Gasteiger partial charge in [0.1, 0.15) is 6.10 Å². The molecule has 0 aromatic heterocycles. The minimum Gasteiger partial charge on any atom is -0.370 e. The van der Waals surface area contributed by atoms with E-state index in [1.807, 2.05) is 4.90 Å². The van der Waals surface area contributed by atoms with Crippen molar-refractivity contribution in [2.24, 2.45) is 5.92 Å². The van der Waals surface area contributed by atoms with Gasteiger partial charge in [-0.25, -0.2) is 0 Å². The summed E-state index contributed by atoms with van der Waals surface area (Å²) < 4.78 is 5.79. The summed E-state index contributed by atoms with van der Waals surface area (Å²) in [5.41, 5.74) is 2.43. The predicted molar refractivity (Wildman–Crippen MR) is 69.2 cm³/mol. The monoisotopic (exact) mass is 245 g/mol. The van der Waals surface area contributed by atoms with Gasteiger partial charge >= 0.3 is 0 Å². The Labute approximate surface area is 108 Å². The number of benzene rings is 1. The summed E-state index contributed by atoms with van der Waals surface area (Å²) in [7, 11) is 0. The van der Waals surface area contributed by atoms with Gasteiger partial charge in [0, 0.05) is 12.5 Å². The zero-order chi connectivity index (χ0) is 12.5. The molecular weight excluding hydrogens is 226 g/mol. The molecule has 1 atom stereocenters. The van der Waals surface area contributed by atoms with Gasteiger partial charge in [0.05, 0.1) is 13.2 Å². The fourth-order valence-corrected chi connectivity index (χ4v) is 2.42. The first-order chi connectivity index (χ1) is 8.74. The number of carbonyl (C=O) groups is 1. The molecule has 18 heavy (non-hydrogen) atoms. The van der Waals surface area contributed by atoms with Crippen LogP contribution in [0, 0.1) is 12.8 Å². The van der Waals surface area contributed by atoms with E-state index in [-0.39, 0.29) is 6.10 Å². The predicted octanol–water partition coefficient (Wildman–Crippen LogP) is 2.30. The molecule has 1 heterocycles. The Hall–Kier alpha value is -1.35. The lowest BCUT2D eigenvalue weighted by atomic mass is 10.1. The van der Waals surface area contributed by atoms with E-state index in [1.165, 1.54) is 11.1 Å². The van der Waals surface area contributed by atoms with Gasteiger partial charge in [-0.15, -0.1) is 0 Å². The van der Waals surface area contributed by atoms with E-state index in [0.29, 0.717) is 25.0 Å². The highest BCUT2D eigenvalue weighted by atomic mass is 16.5. The lowest BCUT2D eigenvalue weighted by molar-refractivity contribution is -0.140. The van der Waals surface area contributed by atoms with E-state index in [1.54, 1.807) is 0 Å². The van der Waals surface area contributed by atoms with Crippen LogP contribution in [0.2, 0.25) is 0 Å². The topological polar surface area (TPSA) is 29.5 Å². The van der Waals surface area contributed by atoms with Crippen LogP contribution in [0.5, 0.6) is 0 Å². The van der Waals surface area contributed by atoms with Crippen LogP contribution in [0.25, 0.3) is 0 Å².